The van der Waals surface area contributed by atoms with E-state index in [9.17, 15) is 39.4 Å². The zero-order valence-electron chi connectivity index (χ0n) is 27.9. The summed E-state index contributed by atoms with van der Waals surface area (Å²) in [4.78, 5) is 87.8. The second-order valence-electron chi connectivity index (χ2n) is 12.8. The first-order valence-corrected chi connectivity index (χ1v) is 21.5. The summed E-state index contributed by atoms with van der Waals surface area (Å²) in [5.74, 6) is 0.590. The van der Waals surface area contributed by atoms with E-state index >= 15 is 0 Å². The number of nitrogens with one attached hydrogen (secondary N) is 2. The van der Waals surface area contributed by atoms with Crippen LogP contribution in [0.5, 0.6) is 0 Å². The molecule has 4 fully saturated rings. The highest BCUT2D eigenvalue weighted by atomic mass is 32.2. The van der Waals surface area contributed by atoms with Gasteiger partial charge in [0.15, 0.2) is 57.3 Å². The molecule has 0 radical (unpaired) electrons. The number of thioether (sulfide) groups is 2. The highest BCUT2D eigenvalue weighted by Crippen LogP contribution is 2.60. The van der Waals surface area contributed by atoms with Gasteiger partial charge in [0.25, 0.3) is 11.1 Å². The number of hydrogen-bond donors (Lipinski definition) is 10. The van der Waals surface area contributed by atoms with Gasteiger partial charge in [-0.15, -0.1) is 9.05 Å². The molecule has 3 unspecified atom stereocenters. The molecule has 4 saturated heterocycles. The summed E-state index contributed by atoms with van der Waals surface area (Å²) in [7, 11) is -8.33. The molecule has 4 aliphatic rings. The summed E-state index contributed by atoms with van der Waals surface area (Å²) in [5, 5.41) is 23.0. The van der Waals surface area contributed by atoms with Crippen LogP contribution in [0.15, 0.2) is 19.9 Å². The molecule has 54 heavy (non-hydrogen) atoms. The smallest absolute Gasteiger partial charge is 0.385 e. The van der Waals surface area contributed by atoms with E-state index in [1.165, 1.54) is 32.7 Å². The number of aromatic nitrogens is 8. The van der Waals surface area contributed by atoms with Crippen LogP contribution in [-0.4, -0.2) is 130 Å². The van der Waals surface area contributed by atoms with E-state index in [-0.39, 0.29) is 63.7 Å². The molecule has 12 N–H and O–H groups in total. The molecule has 8 rings (SSSR count). The number of H-pyrrole nitrogens is 2. The van der Waals surface area contributed by atoms with Crippen molar-refractivity contribution >= 4 is 74.1 Å². The molecule has 0 spiro atoms. The standard InChI is InChI=1S/C26H34N10O14P2S2/c1-2-8(7-54-26-30-12-18(32-24(28)34-20(12)40)36(26)22-14(38)16-10(48-22)6-46-52(43,44)50-16)3-4-53-25-29-11-17(31-23(27)33-19(11)39)35(25)21-13(37)15-9(47-21)5-45-51(41,42)49-15/h8-10,13-16,21-22,37-38,41-44H,2-7H2,1H3,(H4-2,27,28,31,32,33,34,39,40)/p+2/t8?,9?,10?,13-,14-,15+,16+,21+,22+/m0/s1. The minimum atomic E-state index is -4.17. The van der Waals surface area contributed by atoms with Crippen molar-refractivity contribution in [3.63, 3.8) is 0 Å². The molecule has 28 heteroatoms. The molecule has 4 aliphatic heterocycles. The summed E-state index contributed by atoms with van der Waals surface area (Å²) in [6, 6.07) is 0. The Morgan fingerprint density at radius 1 is 0.796 bits per heavy atom. The van der Waals surface area contributed by atoms with Crippen molar-refractivity contribution in [2.45, 2.75) is 79.2 Å². The first-order valence-electron chi connectivity index (χ1n) is 16.5. The van der Waals surface area contributed by atoms with Gasteiger partial charge >= 0.3 is 16.3 Å². The van der Waals surface area contributed by atoms with E-state index in [2.05, 4.69) is 29.9 Å². The number of fused-ring (bicyclic) bond motifs is 4. The van der Waals surface area contributed by atoms with Gasteiger partial charge in [0.1, 0.15) is 37.6 Å². The van der Waals surface area contributed by atoms with Crippen LogP contribution >= 0.6 is 39.9 Å². The highest BCUT2D eigenvalue weighted by Gasteiger charge is 2.61. The first kappa shape index (κ1) is 38.3. The average Bonchev–Trinajstić information content (AvgIpc) is 3.82. The van der Waals surface area contributed by atoms with Crippen LogP contribution in [0.4, 0.5) is 11.9 Å². The second-order valence-corrected chi connectivity index (χ2v) is 17.8. The fourth-order valence-corrected chi connectivity index (χ4v) is 11.0. The molecule has 0 bridgehead atoms. The Kier molecular flexibility index (Phi) is 10.2. The average molecular weight is 839 g/mol. The molecule has 8 heterocycles. The number of aromatic amines is 2. The number of nitrogen functional groups attached to an aromatic ring is 2. The predicted octanol–water partition coefficient (Wildman–Crippen LogP) is -1.31. The van der Waals surface area contributed by atoms with Crippen LogP contribution in [0, 0.1) is 5.92 Å². The molecule has 4 aromatic rings. The van der Waals surface area contributed by atoms with Crippen molar-refractivity contribution in [2.24, 2.45) is 5.92 Å². The summed E-state index contributed by atoms with van der Waals surface area (Å²) in [5.41, 5.74) is 10.5. The maximum Gasteiger partial charge on any atom is 0.570 e. The fourth-order valence-electron chi connectivity index (χ4n) is 6.65. The van der Waals surface area contributed by atoms with Crippen LogP contribution < -0.4 is 22.6 Å². The molecular formula is C26H36N10O14P2S2+2. The quantitative estimate of drug-likeness (QED) is 0.0654. The first-order chi connectivity index (χ1) is 25.6. The van der Waals surface area contributed by atoms with Crippen molar-refractivity contribution in [3.8, 4) is 0 Å². The Labute approximate surface area is 311 Å². The minimum absolute atomic E-state index is 0.0398. The lowest BCUT2D eigenvalue weighted by Gasteiger charge is -2.24. The molecule has 0 amide bonds. The summed E-state index contributed by atoms with van der Waals surface area (Å²) >= 11 is 2.54. The normalized spacial score (nSPS) is 30.9. The third-order valence-electron chi connectivity index (χ3n) is 9.32. The number of anilines is 2. The van der Waals surface area contributed by atoms with Crippen LogP contribution in [-0.2, 0) is 27.6 Å². The van der Waals surface area contributed by atoms with Crippen LogP contribution in [0.3, 0.4) is 0 Å². The maximum atomic E-state index is 12.8. The highest BCUT2D eigenvalue weighted by molar-refractivity contribution is 7.99. The van der Waals surface area contributed by atoms with Gasteiger partial charge in [-0.25, -0.2) is 9.97 Å². The number of aliphatic hydroxyl groups is 2. The largest absolute Gasteiger partial charge is 0.570 e. The summed E-state index contributed by atoms with van der Waals surface area (Å²) < 4.78 is 35.3. The van der Waals surface area contributed by atoms with E-state index in [0.717, 1.165) is 0 Å². The lowest BCUT2D eigenvalue weighted by molar-refractivity contribution is -0.0764. The number of imidazole rings is 2. The summed E-state index contributed by atoms with van der Waals surface area (Å²) in [6.07, 6.45) is -7.93. The zero-order valence-corrected chi connectivity index (χ0v) is 31.4. The third-order valence-corrected chi connectivity index (χ3v) is 13.5. The third kappa shape index (κ3) is 7.01. The topological polar surface area (TPSA) is 356 Å². The van der Waals surface area contributed by atoms with Crippen LogP contribution in [0.25, 0.3) is 22.3 Å². The Hall–Kier alpha value is -2.62. The number of ether oxygens (including phenoxy) is 2. The summed E-state index contributed by atoms with van der Waals surface area (Å²) in [6.45, 7) is 1.48. The lowest BCUT2D eigenvalue weighted by Crippen LogP contribution is -2.40. The second kappa shape index (κ2) is 14.4. The molecule has 0 aliphatic carbocycles. The minimum Gasteiger partial charge on any atom is -0.385 e. The zero-order chi connectivity index (χ0) is 38.3. The van der Waals surface area contributed by atoms with E-state index in [1.54, 1.807) is 0 Å². The van der Waals surface area contributed by atoms with Gasteiger partial charge < -0.3 is 31.2 Å². The van der Waals surface area contributed by atoms with E-state index in [4.69, 9.17) is 39.0 Å². The number of aliphatic hydroxyl groups excluding tert-OH is 2. The molecule has 0 saturated carbocycles. The van der Waals surface area contributed by atoms with Crippen LogP contribution in [0.2, 0.25) is 0 Å². The van der Waals surface area contributed by atoms with Gasteiger partial charge in [-0.1, -0.05) is 36.9 Å². The van der Waals surface area contributed by atoms with Crippen molar-refractivity contribution in [1.29, 1.82) is 0 Å². The van der Waals surface area contributed by atoms with Gasteiger partial charge in [-0.05, 0) is 12.3 Å². The predicted molar refractivity (Wildman–Crippen MR) is 189 cm³/mol. The Bertz CT molecular complexity index is 2190. The van der Waals surface area contributed by atoms with Gasteiger partial charge in [0, 0.05) is 11.5 Å². The van der Waals surface area contributed by atoms with Crippen molar-refractivity contribution in [2.75, 3.05) is 36.2 Å². The number of nitrogens with zero attached hydrogens (tertiary/aromatic N) is 6. The molecule has 24 nitrogen and oxygen atoms in total. The van der Waals surface area contributed by atoms with Crippen molar-refractivity contribution in [1.82, 2.24) is 39.0 Å². The molecule has 0 aromatic carbocycles. The Morgan fingerprint density at radius 3 is 1.72 bits per heavy atom. The number of hydrogen-bond acceptors (Lipinski definition) is 22. The van der Waals surface area contributed by atoms with Gasteiger partial charge in [-0.2, -0.15) is 38.6 Å². The van der Waals surface area contributed by atoms with Gasteiger partial charge in [0.05, 0.1) is 0 Å². The molecular weight excluding hydrogens is 802 g/mol. The number of rotatable bonds is 10. The molecule has 4 aromatic heterocycles. The fraction of sp³-hybridized carbons (Fsp3) is 0.615. The van der Waals surface area contributed by atoms with E-state index in [1.807, 2.05) is 6.92 Å². The Balaban J connectivity index is 1.01. The Morgan fingerprint density at radius 2 is 1.26 bits per heavy atom. The number of nitrogens with two attached hydrogens (primary N) is 2. The maximum absolute atomic E-state index is 12.8. The van der Waals surface area contributed by atoms with Gasteiger partial charge in [-0.3, -0.25) is 28.7 Å². The van der Waals surface area contributed by atoms with E-state index < -0.39 is 76.5 Å². The monoisotopic (exact) mass is 838 g/mol. The van der Waals surface area contributed by atoms with E-state index in [0.29, 0.717) is 24.3 Å². The van der Waals surface area contributed by atoms with Gasteiger partial charge in [0.2, 0.25) is 11.9 Å². The van der Waals surface area contributed by atoms with Crippen molar-refractivity contribution < 1.29 is 57.4 Å². The molecule has 9 atom stereocenters. The van der Waals surface area contributed by atoms with Crippen LogP contribution in [0.1, 0.15) is 32.2 Å². The lowest BCUT2D eigenvalue weighted by atomic mass is 10.1. The molecule has 294 valence electrons. The SMILES string of the molecule is CCC(CCSc1nc2c(=O)[nH]c(N)nc2n1[C@@H]1OC2CO[P+](O)(O)O[C@H]2[C@@H]1O)CSc1nc2c(=O)[nH]c(N)nc2n1[C@@H]1OC2CO[P+](O)(O)O[C@H]2[C@@H]1O. The van der Waals surface area contributed by atoms with Crippen molar-refractivity contribution in [3.05, 3.63) is 20.7 Å².